The molecule has 3 heterocycles. The molecule has 3 aromatic rings. The van der Waals surface area contributed by atoms with Crippen LogP contribution in [0.2, 0.25) is 0 Å². The summed E-state index contributed by atoms with van der Waals surface area (Å²) in [4.78, 5) is 15.9. The Morgan fingerprint density at radius 1 is 0.923 bits per heavy atom. The predicted molar refractivity (Wildman–Crippen MR) is 106 cm³/mol. The molecule has 1 aliphatic carbocycles. The zero-order chi connectivity index (χ0) is 17.3. The van der Waals surface area contributed by atoms with Gasteiger partial charge in [0, 0.05) is 29.9 Å². The van der Waals surface area contributed by atoms with Gasteiger partial charge in [0.1, 0.15) is 6.33 Å². The molecule has 1 saturated heterocycles. The van der Waals surface area contributed by atoms with Crippen molar-refractivity contribution in [3.63, 3.8) is 0 Å². The SMILES string of the molecule is c1ncc(-c2ccc3nc([C@H]4C[C@@H](N5CCCCCC5)C4)sc3c2)cn1. The lowest BCUT2D eigenvalue weighted by Gasteiger charge is -2.42. The van der Waals surface area contributed by atoms with E-state index >= 15 is 0 Å². The Labute approximate surface area is 158 Å². The predicted octanol–water partition coefficient (Wildman–Crippen LogP) is 4.88. The molecule has 4 nitrogen and oxygen atoms in total. The molecule has 2 fully saturated rings. The first-order chi connectivity index (χ1) is 12.9. The Morgan fingerprint density at radius 3 is 2.46 bits per heavy atom. The molecule has 1 saturated carbocycles. The van der Waals surface area contributed by atoms with Crippen molar-refractivity contribution >= 4 is 21.6 Å². The van der Waals surface area contributed by atoms with Gasteiger partial charge in [0.25, 0.3) is 0 Å². The third-order valence-corrected chi connectivity index (χ3v) is 7.10. The van der Waals surface area contributed by atoms with Crippen LogP contribution in [0.25, 0.3) is 21.3 Å². The maximum absolute atomic E-state index is 4.94. The summed E-state index contributed by atoms with van der Waals surface area (Å²) in [5.74, 6) is 0.657. The van der Waals surface area contributed by atoms with Crippen LogP contribution >= 0.6 is 11.3 Å². The number of benzene rings is 1. The van der Waals surface area contributed by atoms with E-state index in [9.17, 15) is 0 Å². The molecule has 2 aliphatic rings. The topological polar surface area (TPSA) is 41.9 Å². The second-order valence-corrected chi connectivity index (χ2v) is 8.70. The number of nitrogens with zero attached hydrogens (tertiary/aromatic N) is 4. The number of rotatable bonds is 3. The lowest BCUT2D eigenvalue weighted by atomic mass is 9.79. The highest BCUT2D eigenvalue weighted by Crippen LogP contribution is 2.43. The number of thiazole rings is 1. The van der Waals surface area contributed by atoms with E-state index in [1.54, 1.807) is 6.33 Å². The van der Waals surface area contributed by atoms with Crippen LogP contribution in [-0.4, -0.2) is 39.0 Å². The highest BCUT2D eigenvalue weighted by Gasteiger charge is 2.36. The number of aromatic nitrogens is 3. The molecule has 2 aromatic heterocycles. The van der Waals surface area contributed by atoms with E-state index in [-0.39, 0.29) is 0 Å². The van der Waals surface area contributed by atoms with Crippen LogP contribution in [0.15, 0.2) is 36.9 Å². The van der Waals surface area contributed by atoms with E-state index < -0.39 is 0 Å². The monoisotopic (exact) mass is 364 g/mol. The fourth-order valence-corrected chi connectivity index (χ4v) is 5.43. The average molecular weight is 365 g/mol. The van der Waals surface area contributed by atoms with Crippen LogP contribution in [0.1, 0.15) is 49.5 Å². The first-order valence-electron chi connectivity index (χ1n) is 9.77. The smallest absolute Gasteiger partial charge is 0.115 e. The maximum Gasteiger partial charge on any atom is 0.115 e. The molecule has 134 valence electrons. The maximum atomic E-state index is 4.94. The molecule has 26 heavy (non-hydrogen) atoms. The van der Waals surface area contributed by atoms with Crippen LogP contribution in [0.3, 0.4) is 0 Å². The van der Waals surface area contributed by atoms with Gasteiger partial charge >= 0.3 is 0 Å². The second kappa shape index (κ2) is 7.05. The average Bonchev–Trinajstić information content (AvgIpc) is 2.87. The standard InChI is InChI=1S/C21H24N4S/c1-2-4-8-25(7-3-1)18-9-16(10-18)21-24-19-6-5-15(11-20(19)26-21)17-12-22-14-23-13-17/h5-6,11-14,16,18H,1-4,7-10H2/t16-,18+. The normalized spacial score (nSPS) is 24.3. The molecule has 0 radical (unpaired) electrons. The second-order valence-electron chi connectivity index (χ2n) is 7.63. The molecule has 0 atom stereocenters. The Bertz CT molecular complexity index is 877. The third-order valence-electron chi connectivity index (χ3n) is 5.92. The van der Waals surface area contributed by atoms with Crippen molar-refractivity contribution in [3.8, 4) is 11.1 Å². The van der Waals surface area contributed by atoms with Gasteiger partial charge < -0.3 is 4.90 Å². The van der Waals surface area contributed by atoms with Gasteiger partial charge in [-0.3, -0.25) is 0 Å². The molecule has 0 unspecified atom stereocenters. The number of hydrogen-bond acceptors (Lipinski definition) is 5. The van der Waals surface area contributed by atoms with E-state index in [2.05, 4.69) is 33.1 Å². The summed E-state index contributed by atoms with van der Waals surface area (Å²) in [5.41, 5.74) is 3.36. The minimum Gasteiger partial charge on any atom is -0.300 e. The molecule has 0 spiro atoms. The summed E-state index contributed by atoms with van der Waals surface area (Å²) < 4.78 is 1.28. The quantitative estimate of drug-likeness (QED) is 0.664. The van der Waals surface area contributed by atoms with Gasteiger partial charge in [-0.15, -0.1) is 11.3 Å². The first kappa shape index (κ1) is 16.3. The summed E-state index contributed by atoms with van der Waals surface area (Å²) in [6, 6.07) is 7.30. The highest BCUT2D eigenvalue weighted by molar-refractivity contribution is 7.18. The van der Waals surface area contributed by atoms with E-state index in [4.69, 9.17) is 4.98 Å². The highest BCUT2D eigenvalue weighted by atomic mass is 32.1. The summed E-state index contributed by atoms with van der Waals surface area (Å²) in [7, 11) is 0. The Hall–Kier alpha value is -1.85. The molecule has 0 N–H and O–H groups in total. The molecular weight excluding hydrogens is 340 g/mol. The minimum absolute atomic E-state index is 0.657. The van der Waals surface area contributed by atoms with Crippen molar-refractivity contribution in [1.82, 2.24) is 19.9 Å². The summed E-state index contributed by atoms with van der Waals surface area (Å²) in [6.07, 6.45) is 13.5. The number of hydrogen-bond donors (Lipinski definition) is 0. The van der Waals surface area contributed by atoms with E-state index in [1.165, 1.54) is 66.9 Å². The van der Waals surface area contributed by atoms with Crippen LogP contribution < -0.4 is 0 Å². The molecule has 1 aromatic carbocycles. The number of fused-ring (bicyclic) bond motifs is 1. The van der Waals surface area contributed by atoms with Gasteiger partial charge in [-0.1, -0.05) is 18.9 Å². The van der Waals surface area contributed by atoms with Crippen molar-refractivity contribution < 1.29 is 0 Å². The Kier molecular flexibility index (Phi) is 4.43. The molecule has 5 heteroatoms. The van der Waals surface area contributed by atoms with Gasteiger partial charge in [-0.25, -0.2) is 15.0 Å². The molecule has 5 rings (SSSR count). The van der Waals surface area contributed by atoms with Crippen molar-refractivity contribution in [1.29, 1.82) is 0 Å². The Morgan fingerprint density at radius 2 is 1.69 bits per heavy atom. The van der Waals surface area contributed by atoms with Crippen LogP contribution in [0, 0.1) is 0 Å². The van der Waals surface area contributed by atoms with E-state index in [0.29, 0.717) is 5.92 Å². The summed E-state index contributed by atoms with van der Waals surface area (Å²) >= 11 is 1.87. The minimum atomic E-state index is 0.657. The zero-order valence-electron chi connectivity index (χ0n) is 15.0. The van der Waals surface area contributed by atoms with Crippen molar-refractivity contribution in [3.05, 3.63) is 41.9 Å². The molecular formula is C21H24N4S. The lowest BCUT2D eigenvalue weighted by Crippen LogP contribution is -2.44. The molecule has 1 aliphatic heterocycles. The largest absolute Gasteiger partial charge is 0.300 e. The lowest BCUT2D eigenvalue weighted by molar-refractivity contribution is 0.113. The van der Waals surface area contributed by atoms with Crippen LogP contribution in [-0.2, 0) is 0 Å². The van der Waals surface area contributed by atoms with Gasteiger partial charge in [0.2, 0.25) is 0 Å². The van der Waals surface area contributed by atoms with Gasteiger partial charge in [0.15, 0.2) is 0 Å². The fraction of sp³-hybridized carbons (Fsp3) is 0.476. The Balaban J connectivity index is 1.31. The molecule has 0 bridgehead atoms. The van der Waals surface area contributed by atoms with Crippen molar-refractivity contribution in [2.75, 3.05) is 13.1 Å². The third kappa shape index (κ3) is 3.14. The number of likely N-dealkylation sites (tertiary alicyclic amines) is 1. The fourth-order valence-electron chi connectivity index (χ4n) is 4.29. The summed E-state index contributed by atoms with van der Waals surface area (Å²) in [6.45, 7) is 2.61. The summed E-state index contributed by atoms with van der Waals surface area (Å²) in [5, 5.41) is 1.33. The van der Waals surface area contributed by atoms with Gasteiger partial charge in [-0.05, 0) is 56.5 Å². The van der Waals surface area contributed by atoms with Crippen molar-refractivity contribution in [2.24, 2.45) is 0 Å². The van der Waals surface area contributed by atoms with Gasteiger partial charge in [0.05, 0.1) is 15.2 Å². The zero-order valence-corrected chi connectivity index (χ0v) is 15.8. The van der Waals surface area contributed by atoms with Crippen LogP contribution in [0.4, 0.5) is 0 Å². The molecule has 0 amide bonds. The van der Waals surface area contributed by atoms with Gasteiger partial charge in [-0.2, -0.15) is 0 Å². The van der Waals surface area contributed by atoms with E-state index in [1.807, 2.05) is 23.7 Å². The first-order valence-corrected chi connectivity index (χ1v) is 10.6. The van der Waals surface area contributed by atoms with Crippen LogP contribution in [0.5, 0.6) is 0 Å². The van der Waals surface area contributed by atoms with E-state index in [0.717, 1.165) is 17.1 Å². The van der Waals surface area contributed by atoms with Crippen molar-refractivity contribution in [2.45, 2.75) is 50.5 Å².